The second kappa shape index (κ2) is 4.66. The maximum atomic E-state index is 6.02. The van der Waals surface area contributed by atoms with Crippen LogP contribution >= 0.6 is 34.3 Å². The Bertz CT molecular complexity index is 879. The Hall–Kier alpha value is -1.76. The molecule has 0 amide bonds. The molecule has 0 saturated carbocycles. The third-order valence-electron chi connectivity index (χ3n) is 2.84. The van der Waals surface area contributed by atoms with Crippen molar-refractivity contribution < 1.29 is 0 Å². The van der Waals surface area contributed by atoms with Crippen LogP contribution in [0.25, 0.3) is 26.9 Å². The first kappa shape index (κ1) is 12.0. The van der Waals surface area contributed by atoms with E-state index in [1.165, 1.54) is 11.3 Å². The summed E-state index contributed by atoms with van der Waals surface area (Å²) in [6.45, 7) is 0. The lowest BCUT2D eigenvalue weighted by Gasteiger charge is -1.95. The molecule has 3 aromatic heterocycles. The zero-order chi connectivity index (χ0) is 13.5. The molecule has 0 aliphatic heterocycles. The molecular weight excluding hydrogens is 312 g/mol. The fourth-order valence-electron chi connectivity index (χ4n) is 1.93. The van der Waals surface area contributed by atoms with Gasteiger partial charge in [0.2, 0.25) is 4.96 Å². The van der Waals surface area contributed by atoms with E-state index in [0.29, 0.717) is 5.02 Å². The number of benzene rings is 1. The smallest absolute Gasteiger partial charge is 0.182 e. The fourth-order valence-corrected chi connectivity index (χ4v) is 3.59. The summed E-state index contributed by atoms with van der Waals surface area (Å²) < 4.78 is 1.78. The van der Waals surface area contributed by atoms with Crippen LogP contribution in [0.15, 0.2) is 41.1 Å². The van der Waals surface area contributed by atoms with Crippen LogP contribution in [-0.4, -0.2) is 19.8 Å². The van der Waals surface area contributed by atoms with Crippen molar-refractivity contribution in [2.75, 3.05) is 0 Å². The first-order chi connectivity index (χ1) is 9.81. The van der Waals surface area contributed by atoms with E-state index in [2.05, 4.69) is 15.3 Å². The van der Waals surface area contributed by atoms with Crippen LogP contribution in [-0.2, 0) is 0 Å². The van der Waals surface area contributed by atoms with Crippen molar-refractivity contribution in [2.45, 2.75) is 0 Å². The van der Waals surface area contributed by atoms with Gasteiger partial charge in [0.25, 0.3) is 0 Å². The lowest BCUT2D eigenvalue weighted by atomic mass is 10.2. The van der Waals surface area contributed by atoms with Crippen molar-refractivity contribution in [3.63, 3.8) is 0 Å². The molecule has 0 saturated heterocycles. The van der Waals surface area contributed by atoms with Crippen molar-refractivity contribution in [1.29, 1.82) is 0 Å². The van der Waals surface area contributed by atoms with Crippen LogP contribution in [0.3, 0.4) is 0 Å². The Kier molecular flexibility index (Phi) is 2.80. The number of rotatable bonds is 2. The second-order valence-electron chi connectivity index (χ2n) is 4.15. The third-order valence-corrected chi connectivity index (χ3v) is 4.71. The van der Waals surface area contributed by atoms with Gasteiger partial charge >= 0.3 is 0 Å². The van der Waals surface area contributed by atoms with Gasteiger partial charge in [0.05, 0.1) is 0 Å². The summed E-state index contributed by atoms with van der Waals surface area (Å²) in [4.78, 5) is 0.779. The lowest BCUT2D eigenvalue weighted by molar-refractivity contribution is 0.971. The molecule has 4 nitrogen and oxygen atoms in total. The van der Waals surface area contributed by atoms with Gasteiger partial charge in [-0.1, -0.05) is 35.1 Å². The zero-order valence-electron chi connectivity index (χ0n) is 10.0. The molecule has 0 spiro atoms. The Morgan fingerprint density at radius 1 is 1.10 bits per heavy atom. The van der Waals surface area contributed by atoms with Gasteiger partial charge in [-0.25, -0.2) is 0 Å². The van der Waals surface area contributed by atoms with Crippen LogP contribution in [0.4, 0.5) is 0 Å². The van der Waals surface area contributed by atoms with Gasteiger partial charge in [0, 0.05) is 21.5 Å². The fraction of sp³-hybridized carbons (Fsp3) is 0. The first-order valence-corrected chi connectivity index (χ1v) is 7.96. The number of hydrogen-bond acceptors (Lipinski definition) is 5. The first-order valence-electron chi connectivity index (χ1n) is 5.82. The van der Waals surface area contributed by atoms with E-state index in [1.807, 2.05) is 41.1 Å². The molecule has 3 heterocycles. The van der Waals surface area contributed by atoms with Crippen molar-refractivity contribution in [3.8, 4) is 22.0 Å². The number of fused-ring (bicyclic) bond motifs is 1. The standard InChI is InChI=1S/C13H7ClN4S2/c14-10-3-1-2-8(6-10)12-17-18-11(9-4-5-19-7-9)15-16-13(18)20-12/h1-7H. The molecule has 20 heavy (non-hydrogen) atoms. The van der Waals surface area contributed by atoms with Gasteiger partial charge in [-0.05, 0) is 23.6 Å². The third kappa shape index (κ3) is 1.93. The van der Waals surface area contributed by atoms with Crippen LogP contribution in [0, 0.1) is 0 Å². The van der Waals surface area contributed by atoms with E-state index in [0.717, 1.165) is 26.9 Å². The largest absolute Gasteiger partial charge is 0.235 e. The maximum Gasteiger partial charge on any atom is 0.235 e. The molecule has 0 bridgehead atoms. The highest BCUT2D eigenvalue weighted by Gasteiger charge is 2.14. The molecule has 0 radical (unpaired) electrons. The van der Waals surface area contributed by atoms with Crippen molar-refractivity contribution in [3.05, 3.63) is 46.1 Å². The molecule has 0 atom stereocenters. The normalized spacial score (nSPS) is 11.2. The molecule has 0 aliphatic carbocycles. The quantitative estimate of drug-likeness (QED) is 0.555. The molecule has 0 N–H and O–H groups in total. The molecule has 7 heteroatoms. The summed E-state index contributed by atoms with van der Waals surface area (Å²) in [5.41, 5.74) is 2.02. The van der Waals surface area contributed by atoms with E-state index in [-0.39, 0.29) is 0 Å². The molecule has 4 rings (SSSR count). The number of aromatic nitrogens is 4. The van der Waals surface area contributed by atoms with Crippen LogP contribution < -0.4 is 0 Å². The number of thiophene rings is 1. The predicted octanol–water partition coefficient (Wildman–Crippen LogP) is 4.23. The van der Waals surface area contributed by atoms with Gasteiger partial charge in [-0.2, -0.15) is 21.0 Å². The molecule has 0 unspecified atom stereocenters. The van der Waals surface area contributed by atoms with Gasteiger partial charge in [0.1, 0.15) is 5.01 Å². The average Bonchev–Trinajstić information content (AvgIpc) is 3.14. The van der Waals surface area contributed by atoms with Crippen LogP contribution in [0.1, 0.15) is 0 Å². The Morgan fingerprint density at radius 2 is 2.05 bits per heavy atom. The lowest BCUT2D eigenvalue weighted by Crippen LogP contribution is -1.89. The Morgan fingerprint density at radius 3 is 2.85 bits per heavy atom. The van der Waals surface area contributed by atoms with Gasteiger partial charge in [-0.15, -0.1) is 10.2 Å². The van der Waals surface area contributed by atoms with E-state index >= 15 is 0 Å². The van der Waals surface area contributed by atoms with E-state index < -0.39 is 0 Å². The molecular formula is C13H7ClN4S2. The van der Waals surface area contributed by atoms with E-state index in [9.17, 15) is 0 Å². The van der Waals surface area contributed by atoms with Crippen molar-refractivity contribution in [1.82, 2.24) is 19.8 Å². The summed E-state index contributed by atoms with van der Waals surface area (Å²) in [5, 5.41) is 18.6. The van der Waals surface area contributed by atoms with Crippen LogP contribution in [0.5, 0.6) is 0 Å². The minimum Gasteiger partial charge on any atom is -0.182 e. The van der Waals surface area contributed by atoms with Gasteiger partial charge in [-0.3, -0.25) is 0 Å². The summed E-state index contributed by atoms with van der Waals surface area (Å²) in [6.07, 6.45) is 0. The minimum absolute atomic E-state index is 0.700. The van der Waals surface area contributed by atoms with Crippen LogP contribution in [0.2, 0.25) is 5.02 Å². The Labute approximate surface area is 127 Å². The topological polar surface area (TPSA) is 43.1 Å². The molecule has 98 valence electrons. The number of hydrogen-bond donors (Lipinski definition) is 0. The predicted molar refractivity (Wildman–Crippen MR) is 82.4 cm³/mol. The van der Waals surface area contributed by atoms with E-state index in [1.54, 1.807) is 15.9 Å². The monoisotopic (exact) mass is 318 g/mol. The summed E-state index contributed by atoms with van der Waals surface area (Å²) in [5.74, 6) is 0.769. The summed E-state index contributed by atoms with van der Waals surface area (Å²) >= 11 is 9.15. The van der Waals surface area contributed by atoms with Gasteiger partial charge in [0.15, 0.2) is 5.82 Å². The average molecular weight is 319 g/mol. The summed E-state index contributed by atoms with van der Waals surface area (Å²) in [6, 6.07) is 9.67. The van der Waals surface area contributed by atoms with Gasteiger partial charge < -0.3 is 0 Å². The summed E-state index contributed by atoms with van der Waals surface area (Å²) in [7, 11) is 0. The van der Waals surface area contributed by atoms with Crippen molar-refractivity contribution in [2.24, 2.45) is 0 Å². The zero-order valence-corrected chi connectivity index (χ0v) is 12.4. The minimum atomic E-state index is 0.700. The Balaban J connectivity index is 1.88. The van der Waals surface area contributed by atoms with Crippen molar-refractivity contribution >= 4 is 39.2 Å². The number of nitrogens with zero attached hydrogens (tertiary/aromatic N) is 4. The number of halogens is 1. The highest BCUT2D eigenvalue weighted by molar-refractivity contribution is 7.19. The molecule has 0 fully saturated rings. The highest BCUT2D eigenvalue weighted by Crippen LogP contribution is 2.29. The molecule has 1 aromatic carbocycles. The highest BCUT2D eigenvalue weighted by atomic mass is 35.5. The maximum absolute atomic E-state index is 6.02. The SMILES string of the molecule is Clc1cccc(-c2nn3c(-c4ccsc4)nnc3s2)c1. The molecule has 4 aromatic rings. The molecule has 0 aliphatic rings. The van der Waals surface area contributed by atoms with E-state index in [4.69, 9.17) is 11.6 Å². The second-order valence-corrected chi connectivity index (χ2v) is 6.32.